The second-order valence-corrected chi connectivity index (χ2v) is 17.2. The molecular formula is C46H89O9P. The van der Waals surface area contributed by atoms with E-state index in [1.54, 1.807) is 0 Å². The van der Waals surface area contributed by atoms with Gasteiger partial charge in [0.1, 0.15) is 12.2 Å². The van der Waals surface area contributed by atoms with Crippen molar-refractivity contribution in [3.63, 3.8) is 0 Å². The third-order valence-electron chi connectivity index (χ3n) is 10.1. The molecule has 0 heterocycles. The Morgan fingerprint density at radius 1 is 0.554 bits per heavy atom. The second-order valence-electron chi connectivity index (χ2n) is 15.8. The molecule has 0 aromatic heterocycles. The lowest BCUT2D eigenvalue weighted by atomic mass is 10.0. The van der Waals surface area contributed by atoms with Gasteiger partial charge in [0.05, 0.1) is 26.4 Å². The molecule has 0 saturated heterocycles. The Labute approximate surface area is 344 Å². The minimum atomic E-state index is -4.52. The smallest absolute Gasteiger partial charge is 0.457 e. The lowest BCUT2D eigenvalue weighted by molar-refractivity contribution is -0.154. The van der Waals surface area contributed by atoms with E-state index < -0.39 is 33.2 Å². The van der Waals surface area contributed by atoms with Crippen molar-refractivity contribution in [1.82, 2.24) is 0 Å². The summed E-state index contributed by atoms with van der Waals surface area (Å²) in [6.45, 7) is 3.51. The van der Waals surface area contributed by atoms with Gasteiger partial charge in [0.2, 0.25) is 0 Å². The Balaban J connectivity index is 4.11. The van der Waals surface area contributed by atoms with E-state index in [4.69, 9.17) is 23.6 Å². The van der Waals surface area contributed by atoms with E-state index in [-0.39, 0.29) is 25.6 Å². The highest BCUT2D eigenvalue weighted by Gasteiger charge is 2.26. The highest BCUT2D eigenvalue weighted by molar-refractivity contribution is 7.47. The zero-order chi connectivity index (χ0) is 41.1. The third kappa shape index (κ3) is 42.5. The summed E-state index contributed by atoms with van der Waals surface area (Å²) in [5.41, 5.74) is 0. The largest absolute Gasteiger partial charge is 0.472 e. The van der Waals surface area contributed by atoms with Crippen molar-refractivity contribution in [3.8, 4) is 0 Å². The minimum absolute atomic E-state index is 0.0461. The van der Waals surface area contributed by atoms with E-state index in [1.807, 2.05) is 0 Å². The maximum atomic E-state index is 12.6. The summed E-state index contributed by atoms with van der Waals surface area (Å²) in [5, 5.41) is 18.4. The molecule has 56 heavy (non-hydrogen) atoms. The first-order valence-corrected chi connectivity index (χ1v) is 24.8. The van der Waals surface area contributed by atoms with Gasteiger partial charge in [-0.2, -0.15) is 0 Å². The normalized spacial score (nSPS) is 14.2. The number of esters is 1. The number of carbonyl (C=O) groups is 1. The number of phosphoric ester groups is 1. The average molecular weight is 817 g/mol. The highest BCUT2D eigenvalue weighted by Crippen LogP contribution is 2.43. The number of allylic oxidation sites excluding steroid dienone is 4. The van der Waals surface area contributed by atoms with Crippen LogP contribution in [0.3, 0.4) is 0 Å². The zero-order valence-corrected chi connectivity index (χ0v) is 37.3. The van der Waals surface area contributed by atoms with Gasteiger partial charge in [-0.05, 0) is 44.9 Å². The molecule has 0 bridgehead atoms. The number of hydrogen-bond acceptors (Lipinski definition) is 8. The fourth-order valence-electron chi connectivity index (χ4n) is 6.56. The molecule has 0 aliphatic heterocycles. The molecule has 10 heteroatoms. The summed E-state index contributed by atoms with van der Waals surface area (Å²) >= 11 is 0. The number of aliphatic hydroxyl groups excluding tert-OH is 2. The minimum Gasteiger partial charge on any atom is -0.457 e. The van der Waals surface area contributed by atoms with Crippen LogP contribution in [-0.2, 0) is 27.9 Å². The van der Waals surface area contributed by atoms with Gasteiger partial charge < -0.3 is 24.6 Å². The van der Waals surface area contributed by atoms with E-state index in [2.05, 4.69) is 38.2 Å². The molecule has 0 spiro atoms. The number of ether oxygens (including phenoxy) is 2. The molecule has 0 radical (unpaired) electrons. The Morgan fingerprint density at radius 3 is 1.46 bits per heavy atom. The van der Waals surface area contributed by atoms with Crippen LogP contribution in [0.1, 0.15) is 219 Å². The van der Waals surface area contributed by atoms with Gasteiger partial charge in [-0.15, -0.1) is 0 Å². The number of hydrogen-bond donors (Lipinski definition) is 3. The predicted octanol–water partition coefficient (Wildman–Crippen LogP) is 13.0. The molecule has 0 aliphatic rings. The van der Waals surface area contributed by atoms with E-state index in [0.29, 0.717) is 6.61 Å². The van der Waals surface area contributed by atoms with Crippen LogP contribution in [0.4, 0.5) is 0 Å². The van der Waals surface area contributed by atoms with Crippen LogP contribution in [-0.4, -0.2) is 66.3 Å². The number of aliphatic hydroxyl groups is 2. The number of rotatable bonds is 45. The second kappa shape index (κ2) is 43.5. The molecule has 0 aromatic rings. The van der Waals surface area contributed by atoms with Crippen LogP contribution in [0.5, 0.6) is 0 Å². The van der Waals surface area contributed by atoms with Crippen molar-refractivity contribution in [1.29, 1.82) is 0 Å². The van der Waals surface area contributed by atoms with Crippen LogP contribution in [0.25, 0.3) is 0 Å². The monoisotopic (exact) mass is 817 g/mol. The van der Waals surface area contributed by atoms with Gasteiger partial charge in [0.15, 0.2) is 0 Å². The van der Waals surface area contributed by atoms with Crippen LogP contribution in [0.15, 0.2) is 24.3 Å². The molecule has 0 aliphatic carbocycles. The number of unbranched alkanes of at least 4 members (excludes halogenated alkanes) is 27. The SMILES string of the molecule is CCCCC/C=C\C/C=C\CCCCCCCCOCC(COP(=O)(O)OCC(O)CO)OC(=O)CCCCCCCCCCCCCCCCCCCCC. The molecule has 0 saturated carbocycles. The standard InChI is InChI=1S/C46H89O9P/c1-3-5-7-9-11-13-15-17-19-21-22-23-24-26-28-30-32-34-36-38-46(49)55-45(43-54-56(50,51)53-41-44(48)40-47)42-52-39-37-35-33-31-29-27-25-20-18-16-14-12-10-8-6-4-2/h12,14,18,20,44-45,47-48H,3-11,13,15-17,19,21-43H2,1-2H3,(H,50,51)/b14-12-,20-18-. The molecule has 3 unspecified atom stereocenters. The van der Waals surface area contributed by atoms with Crippen LogP contribution in [0, 0.1) is 0 Å². The zero-order valence-electron chi connectivity index (χ0n) is 36.4. The van der Waals surface area contributed by atoms with Gasteiger partial charge in [-0.3, -0.25) is 13.8 Å². The maximum Gasteiger partial charge on any atom is 0.472 e. The van der Waals surface area contributed by atoms with E-state index in [1.165, 1.54) is 148 Å². The summed E-state index contributed by atoms with van der Waals surface area (Å²) in [5.74, 6) is -0.382. The predicted molar refractivity (Wildman–Crippen MR) is 233 cm³/mol. The molecule has 3 N–H and O–H groups in total. The topological polar surface area (TPSA) is 132 Å². The van der Waals surface area contributed by atoms with Gasteiger partial charge in [0, 0.05) is 13.0 Å². The first-order chi connectivity index (χ1) is 27.3. The third-order valence-corrected chi connectivity index (χ3v) is 11.1. The van der Waals surface area contributed by atoms with Crippen LogP contribution >= 0.6 is 7.82 Å². The first-order valence-electron chi connectivity index (χ1n) is 23.3. The van der Waals surface area contributed by atoms with Crippen LogP contribution in [0.2, 0.25) is 0 Å². The molecule has 3 atom stereocenters. The van der Waals surface area contributed by atoms with E-state index in [9.17, 15) is 19.4 Å². The average Bonchev–Trinajstić information content (AvgIpc) is 3.19. The van der Waals surface area contributed by atoms with Crippen molar-refractivity contribution in [3.05, 3.63) is 24.3 Å². The van der Waals surface area contributed by atoms with E-state index >= 15 is 0 Å². The van der Waals surface area contributed by atoms with Crippen molar-refractivity contribution in [2.75, 3.05) is 33.0 Å². The lowest BCUT2D eigenvalue weighted by Gasteiger charge is -2.20. The number of carbonyl (C=O) groups excluding carboxylic acids is 1. The lowest BCUT2D eigenvalue weighted by Crippen LogP contribution is -2.29. The molecular weight excluding hydrogens is 727 g/mol. The Morgan fingerprint density at radius 2 is 0.964 bits per heavy atom. The molecule has 0 amide bonds. The van der Waals surface area contributed by atoms with Crippen molar-refractivity contribution < 1.29 is 43.0 Å². The maximum absolute atomic E-state index is 12.6. The molecule has 9 nitrogen and oxygen atoms in total. The fraction of sp³-hybridized carbons (Fsp3) is 0.891. The summed E-state index contributed by atoms with van der Waals surface area (Å²) in [7, 11) is -4.52. The fourth-order valence-corrected chi connectivity index (χ4v) is 7.35. The van der Waals surface area contributed by atoms with Gasteiger partial charge >= 0.3 is 13.8 Å². The Bertz CT molecular complexity index is 928. The van der Waals surface area contributed by atoms with Gasteiger partial charge in [0.25, 0.3) is 0 Å². The van der Waals surface area contributed by atoms with Gasteiger partial charge in [-0.1, -0.05) is 192 Å². The summed E-state index contributed by atoms with van der Waals surface area (Å²) in [6.07, 6.45) is 45.6. The summed E-state index contributed by atoms with van der Waals surface area (Å²) in [4.78, 5) is 22.6. The van der Waals surface area contributed by atoms with E-state index in [0.717, 1.165) is 51.4 Å². The quantitative estimate of drug-likeness (QED) is 0.0238. The molecule has 0 aromatic carbocycles. The number of phosphoric acid groups is 1. The van der Waals surface area contributed by atoms with Crippen molar-refractivity contribution >= 4 is 13.8 Å². The molecule has 332 valence electrons. The Kier molecular flexibility index (Phi) is 42.7. The van der Waals surface area contributed by atoms with Crippen molar-refractivity contribution in [2.24, 2.45) is 0 Å². The molecule has 0 fully saturated rings. The summed E-state index contributed by atoms with van der Waals surface area (Å²) in [6, 6.07) is 0. The molecule has 0 rings (SSSR count). The van der Waals surface area contributed by atoms with Crippen LogP contribution < -0.4 is 0 Å². The Hall–Kier alpha value is -1.06. The van der Waals surface area contributed by atoms with Gasteiger partial charge in [-0.25, -0.2) is 4.57 Å². The van der Waals surface area contributed by atoms with Crippen molar-refractivity contribution in [2.45, 2.75) is 232 Å². The first kappa shape index (κ1) is 54.9. The highest BCUT2D eigenvalue weighted by atomic mass is 31.2. The summed E-state index contributed by atoms with van der Waals surface area (Å²) < 4.78 is 33.4.